The summed E-state index contributed by atoms with van der Waals surface area (Å²) in [5.41, 5.74) is 14.8. The normalized spacial score (nSPS) is 14.4. The highest BCUT2D eigenvalue weighted by molar-refractivity contribution is 5.89. The number of H-pyrrole nitrogens is 2. The number of aromatic nitrogens is 10. The Balaban J connectivity index is 0.000000158. The van der Waals surface area contributed by atoms with Crippen molar-refractivity contribution in [2.75, 3.05) is 73.3 Å². The molecule has 2 fully saturated rings. The number of morpholine rings is 2. The van der Waals surface area contributed by atoms with E-state index in [2.05, 4.69) is 77.9 Å². The summed E-state index contributed by atoms with van der Waals surface area (Å²) in [4.78, 5) is 47.3. The molecule has 0 radical (unpaired) electrons. The maximum Gasteiger partial charge on any atom is 0.247 e. The van der Waals surface area contributed by atoms with Gasteiger partial charge in [-0.2, -0.15) is 30.1 Å². The van der Waals surface area contributed by atoms with Gasteiger partial charge in [0.05, 0.1) is 38.9 Å². The van der Waals surface area contributed by atoms with Crippen LogP contribution in [0.25, 0.3) is 45.1 Å². The van der Waals surface area contributed by atoms with Crippen LogP contribution in [0.15, 0.2) is 108 Å². The molecule has 18 nitrogen and oxygen atoms in total. The Hall–Kier alpha value is -7.70. The zero-order valence-electron chi connectivity index (χ0n) is 34.2. The van der Waals surface area contributed by atoms with Gasteiger partial charge < -0.3 is 29.2 Å². The molecule has 2 saturated heterocycles. The van der Waals surface area contributed by atoms with Crippen molar-refractivity contribution in [3.8, 4) is 22.8 Å². The molecule has 0 atom stereocenters. The van der Waals surface area contributed by atoms with E-state index in [4.69, 9.17) is 24.4 Å². The topological polar surface area (TPSA) is 208 Å². The number of aromatic amines is 2. The van der Waals surface area contributed by atoms with Gasteiger partial charge in [0.25, 0.3) is 0 Å². The molecule has 62 heavy (non-hydrogen) atoms. The molecule has 4 N–H and O–H groups in total. The molecule has 0 aliphatic carbocycles. The molecular weight excluding hydrogens is 785 g/mol. The van der Waals surface area contributed by atoms with E-state index in [1.54, 1.807) is 37.2 Å². The molecule has 0 amide bonds. The Kier molecular flexibility index (Phi) is 12.0. The van der Waals surface area contributed by atoms with Crippen molar-refractivity contribution < 1.29 is 9.47 Å². The Labute approximate surface area is 356 Å². The summed E-state index contributed by atoms with van der Waals surface area (Å²) in [6.45, 7) is 9.73. The van der Waals surface area contributed by atoms with Crippen LogP contribution in [-0.2, 0) is 9.47 Å². The second kappa shape index (κ2) is 18.7. The number of hydrogen-bond donors (Lipinski definition) is 4. The Bertz CT molecular complexity index is 2620. The molecule has 10 rings (SSSR count). The van der Waals surface area contributed by atoms with Gasteiger partial charge in [0.15, 0.2) is 22.9 Å². The predicted molar refractivity (Wildman–Crippen MR) is 241 cm³/mol. The lowest BCUT2D eigenvalue weighted by Gasteiger charge is -2.28. The first-order valence-electron chi connectivity index (χ1n) is 20.3. The fraction of sp³-hybridized carbons (Fsp3) is 0.227. The van der Waals surface area contributed by atoms with Gasteiger partial charge in [-0.1, -0.05) is 59.7 Å². The third kappa shape index (κ3) is 9.51. The first-order valence-corrected chi connectivity index (χ1v) is 20.3. The average molecular weight is 829 g/mol. The minimum absolute atomic E-state index is 0.391. The van der Waals surface area contributed by atoms with E-state index < -0.39 is 0 Å². The number of hydrazone groups is 2. The molecule has 8 heterocycles. The third-order valence-electron chi connectivity index (χ3n) is 10.0. The van der Waals surface area contributed by atoms with E-state index in [-0.39, 0.29) is 0 Å². The van der Waals surface area contributed by atoms with Crippen LogP contribution in [-0.4, -0.2) is 115 Å². The second-order valence-electron chi connectivity index (χ2n) is 14.6. The van der Waals surface area contributed by atoms with Crippen molar-refractivity contribution in [1.29, 1.82) is 0 Å². The van der Waals surface area contributed by atoms with Crippen LogP contribution in [0.2, 0.25) is 0 Å². The summed E-state index contributed by atoms with van der Waals surface area (Å²) in [6.07, 6.45) is 10.5. The van der Waals surface area contributed by atoms with Crippen molar-refractivity contribution in [2.45, 2.75) is 13.8 Å². The monoisotopic (exact) mass is 828 g/mol. The van der Waals surface area contributed by atoms with E-state index in [9.17, 15) is 0 Å². The molecule has 2 aliphatic heterocycles. The van der Waals surface area contributed by atoms with Crippen LogP contribution >= 0.6 is 0 Å². The first-order chi connectivity index (χ1) is 30.5. The van der Waals surface area contributed by atoms with E-state index in [1.807, 2.05) is 74.5 Å². The lowest BCUT2D eigenvalue weighted by atomic mass is 10.2. The fourth-order valence-electron chi connectivity index (χ4n) is 6.99. The zero-order chi connectivity index (χ0) is 42.1. The highest BCUT2D eigenvalue weighted by Crippen LogP contribution is 2.29. The minimum Gasteiger partial charge on any atom is -0.378 e. The number of fused-ring (bicyclic) bond motifs is 2. The molecule has 312 valence electrons. The molecule has 0 unspecified atom stereocenters. The summed E-state index contributed by atoms with van der Waals surface area (Å²) in [7, 11) is 0. The van der Waals surface area contributed by atoms with Crippen molar-refractivity contribution in [3.05, 3.63) is 120 Å². The number of benzene rings is 2. The maximum atomic E-state index is 5.50. The average Bonchev–Trinajstić information content (AvgIpc) is 3.95. The summed E-state index contributed by atoms with van der Waals surface area (Å²) in [6, 6.07) is 23.9. The summed E-state index contributed by atoms with van der Waals surface area (Å²) in [5, 5.41) is 8.64. The smallest absolute Gasteiger partial charge is 0.247 e. The lowest BCUT2D eigenvalue weighted by Crippen LogP contribution is -2.37. The lowest BCUT2D eigenvalue weighted by molar-refractivity contribution is 0.122. The highest BCUT2D eigenvalue weighted by atomic mass is 16.5. The molecule has 0 saturated carbocycles. The van der Waals surface area contributed by atoms with Crippen LogP contribution in [0.3, 0.4) is 0 Å². The molecule has 0 spiro atoms. The molecule has 2 aliphatic rings. The van der Waals surface area contributed by atoms with E-state index in [1.165, 1.54) is 11.1 Å². The largest absolute Gasteiger partial charge is 0.378 e. The summed E-state index contributed by atoms with van der Waals surface area (Å²) < 4.78 is 11.0. The second-order valence-corrected chi connectivity index (χ2v) is 14.6. The van der Waals surface area contributed by atoms with Crippen LogP contribution in [0, 0.1) is 13.8 Å². The van der Waals surface area contributed by atoms with Gasteiger partial charge in [0.1, 0.15) is 22.7 Å². The Morgan fingerprint density at radius 3 is 1.56 bits per heavy atom. The highest BCUT2D eigenvalue weighted by Gasteiger charge is 2.22. The zero-order valence-corrected chi connectivity index (χ0v) is 34.2. The standard InChI is InChI=1S/2C22H22N8O/c1-15-4-2-5-16(12-15)13-24-29-22-27-20-18(21(28-22)30-8-10-31-11-9-30)25-19(26-20)17-6-3-7-23-14-17;1-15-3-2-4-16(13-15)14-24-29-22-27-20-18(21(28-22)30-9-11-31-12-10-30)25-19(26-20)17-5-7-23-8-6-17/h2-7,12-14H,8-11H2,1H3,(H2,25,26,27,28,29);2-8,13-14H,9-12H2,1H3,(H2,25,26,27,28,29)/b24-13+;24-14+. The number of pyridine rings is 2. The fourth-order valence-corrected chi connectivity index (χ4v) is 6.99. The van der Waals surface area contributed by atoms with E-state index >= 15 is 0 Å². The predicted octanol–water partition coefficient (Wildman–Crippen LogP) is 6.01. The molecule has 18 heteroatoms. The van der Waals surface area contributed by atoms with Crippen molar-refractivity contribution in [3.63, 3.8) is 0 Å². The minimum atomic E-state index is 0.391. The number of ether oxygens (including phenoxy) is 2. The number of anilines is 4. The van der Waals surface area contributed by atoms with Gasteiger partial charge in [0.2, 0.25) is 11.9 Å². The third-order valence-corrected chi connectivity index (χ3v) is 10.0. The first kappa shape index (κ1) is 39.7. The summed E-state index contributed by atoms with van der Waals surface area (Å²) >= 11 is 0. The van der Waals surface area contributed by atoms with Gasteiger partial charge in [-0.25, -0.2) is 20.8 Å². The molecule has 6 aromatic heterocycles. The number of nitrogens with one attached hydrogen (secondary N) is 4. The Morgan fingerprint density at radius 1 is 0.565 bits per heavy atom. The van der Waals surface area contributed by atoms with Crippen molar-refractivity contribution >= 4 is 58.3 Å². The summed E-state index contributed by atoms with van der Waals surface area (Å²) in [5.74, 6) is 3.78. The van der Waals surface area contributed by atoms with Crippen LogP contribution in [0.4, 0.5) is 23.5 Å². The maximum absolute atomic E-state index is 5.50. The molecule has 0 bridgehead atoms. The van der Waals surface area contributed by atoms with Crippen LogP contribution in [0.5, 0.6) is 0 Å². The van der Waals surface area contributed by atoms with Crippen molar-refractivity contribution in [2.24, 2.45) is 10.2 Å². The van der Waals surface area contributed by atoms with Crippen LogP contribution < -0.4 is 20.7 Å². The number of hydrogen-bond acceptors (Lipinski definition) is 16. The number of aryl methyl sites for hydroxylation is 2. The number of rotatable bonds is 10. The van der Waals surface area contributed by atoms with Gasteiger partial charge in [-0.15, -0.1) is 0 Å². The van der Waals surface area contributed by atoms with Gasteiger partial charge in [-0.3, -0.25) is 9.97 Å². The number of nitrogens with zero attached hydrogens (tertiary/aromatic N) is 12. The molecule has 8 aromatic rings. The molecular formula is C44H44N16O2. The van der Waals surface area contributed by atoms with Gasteiger partial charge >= 0.3 is 0 Å². The SMILES string of the molecule is Cc1cccc(/C=N/Nc2nc(N3CCOCC3)c3[nH]c(-c4cccnc4)nc3n2)c1.Cc1cccc(/C=N/Nc2nc(N3CCOCC3)c3[nH]c(-c4ccncc4)nc3n2)c1. The molecule has 2 aromatic carbocycles. The number of imidazole rings is 2. The van der Waals surface area contributed by atoms with E-state index in [0.29, 0.717) is 55.4 Å². The van der Waals surface area contributed by atoms with E-state index in [0.717, 1.165) is 76.9 Å². The van der Waals surface area contributed by atoms with Crippen molar-refractivity contribution in [1.82, 2.24) is 49.8 Å². The van der Waals surface area contributed by atoms with Crippen LogP contribution in [0.1, 0.15) is 22.3 Å². The Morgan fingerprint density at radius 2 is 1.08 bits per heavy atom. The van der Waals surface area contributed by atoms with Gasteiger partial charge in [0, 0.05) is 62.1 Å². The van der Waals surface area contributed by atoms with Gasteiger partial charge in [-0.05, 0) is 49.2 Å². The quantitative estimate of drug-likeness (QED) is 0.0920.